The van der Waals surface area contributed by atoms with E-state index < -0.39 is 0 Å². The lowest BCUT2D eigenvalue weighted by Crippen LogP contribution is -2.27. The second kappa shape index (κ2) is 8.56. The summed E-state index contributed by atoms with van der Waals surface area (Å²) >= 11 is 2.84. The molecule has 0 radical (unpaired) electrons. The van der Waals surface area contributed by atoms with E-state index in [2.05, 4.69) is 20.6 Å². The van der Waals surface area contributed by atoms with E-state index in [4.69, 9.17) is 0 Å². The number of nitrogens with zero attached hydrogens (tertiary/aromatic N) is 3. The van der Waals surface area contributed by atoms with Gasteiger partial charge in [0.15, 0.2) is 5.13 Å². The number of fused-ring (bicyclic) bond motifs is 1. The Labute approximate surface area is 179 Å². The number of amides is 2. The molecule has 0 atom stereocenters. The summed E-state index contributed by atoms with van der Waals surface area (Å²) in [6.07, 6.45) is 1.21. The SMILES string of the molecule is CC(=O)NCc1ccc(-c2csc(NC(=O)Cn3c(=O)cnc4ccccc43)n2)s1. The number of carbonyl (C=O) groups is 2. The molecule has 152 valence electrons. The quantitative estimate of drug-likeness (QED) is 0.481. The molecule has 3 aromatic heterocycles. The molecular formula is C20H17N5O3S2. The molecule has 30 heavy (non-hydrogen) atoms. The monoisotopic (exact) mass is 439 g/mol. The van der Waals surface area contributed by atoms with E-state index in [1.165, 1.54) is 40.4 Å². The normalized spacial score (nSPS) is 10.8. The second-order valence-corrected chi connectivity index (χ2v) is 8.46. The summed E-state index contributed by atoms with van der Waals surface area (Å²) in [5, 5.41) is 7.83. The van der Waals surface area contributed by atoms with Gasteiger partial charge in [-0.15, -0.1) is 22.7 Å². The van der Waals surface area contributed by atoms with Crippen LogP contribution in [0.25, 0.3) is 21.6 Å². The number of benzene rings is 1. The Bertz CT molecular complexity index is 1290. The maximum Gasteiger partial charge on any atom is 0.269 e. The largest absolute Gasteiger partial charge is 0.351 e. The summed E-state index contributed by atoms with van der Waals surface area (Å²) in [6, 6.07) is 11.0. The number of hydrogen-bond donors (Lipinski definition) is 2. The second-order valence-electron chi connectivity index (χ2n) is 6.43. The van der Waals surface area contributed by atoms with Crippen LogP contribution < -0.4 is 16.2 Å². The first-order chi connectivity index (χ1) is 14.5. The van der Waals surface area contributed by atoms with Crippen LogP contribution in [0.1, 0.15) is 11.8 Å². The van der Waals surface area contributed by atoms with Gasteiger partial charge in [0.05, 0.1) is 34.3 Å². The molecule has 2 N–H and O–H groups in total. The van der Waals surface area contributed by atoms with Gasteiger partial charge in [-0.3, -0.25) is 19.0 Å². The highest BCUT2D eigenvalue weighted by Crippen LogP contribution is 2.30. The van der Waals surface area contributed by atoms with E-state index in [0.29, 0.717) is 22.7 Å². The van der Waals surface area contributed by atoms with Crippen LogP contribution in [0.2, 0.25) is 0 Å². The molecule has 0 unspecified atom stereocenters. The molecular weight excluding hydrogens is 422 g/mol. The van der Waals surface area contributed by atoms with Gasteiger partial charge in [-0.2, -0.15) is 0 Å². The van der Waals surface area contributed by atoms with E-state index in [1.54, 1.807) is 18.2 Å². The van der Waals surface area contributed by atoms with Crippen molar-refractivity contribution in [1.29, 1.82) is 0 Å². The Kier molecular flexibility index (Phi) is 5.68. The van der Waals surface area contributed by atoms with Crippen molar-refractivity contribution in [2.75, 3.05) is 5.32 Å². The zero-order valence-corrected chi connectivity index (χ0v) is 17.5. The summed E-state index contributed by atoms with van der Waals surface area (Å²) in [5.41, 5.74) is 1.66. The third kappa shape index (κ3) is 4.44. The lowest BCUT2D eigenvalue weighted by Gasteiger charge is -2.08. The lowest BCUT2D eigenvalue weighted by atomic mass is 10.3. The van der Waals surface area contributed by atoms with Gasteiger partial charge < -0.3 is 10.6 Å². The minimum atomic E-state index is -0.341. The topological polar surface area (TPSA) is 106 Å². The fourth-order valence-corrected chi connectivity index (χ4v) is 4.56. The van der Waals surface area contributed by atoms with Crippen LogP contribution in [0.15, 0.2) is 52.8 Å². The first-order valence-electron chi connectivity index (χ1n) is 9.03. The van der Waals surface area contributed by atoms with Crippen molar-refractivity contribution in [3.05, 3.63) is 63.2 Å². The van der Waals surface area contributed by atoms with Crippen molar-refractivity contribution in [3.8, 4) is 10.6 Å². The number of carbonyl (C=O) groups excluding carboxylic acids is 2. The summed E-state index contributed by atoms with van der Waals surface area (Å²) in [5.74, 6) is -0.420. The van der Waals surface area contributed by atoms with Gasteiger partial charge in [0.1, 0.15) is 6.54 Å². The van der Waals surface area contributed by atoms with Crippen molar-refractivity contribution in [2.24, 2.45) is 0 Å². The molecule has 2 amide bonds. The molecule has 0 spiro atoms. The van der Waals surface area contributed by atoms with Crippen molar-refractivity contribution in [1.82, 2.24) is 19.9 Å². The third-order valence-electron chi connectivity index (χ3n) is 4.23. The Morgan fingerprint density at radius 2 is 2.00 bits per heavy atom. The lowest BCUT2D eigenvalue weighted by molar-refractivity contribution is -0.119. The number of hydrogen-bond acceptors (Lipinski definition) is 7. The molecule has 4 aromatic rings. The average Bonchev–Trinajstić information content (AvgIpc) is 3.38. The molecule has 0 bridgehead atoms. The third-order valence-corrected chi connectivity index (χ3v) is 6.10. The molecule has 0 fully saturated rings. The Hall–Kier alpha value is -3.37. The molecule has 1 aromatic carbocycles. The van der Waals surface area contributed by atoms with Crippen LogP contribution >= 0.6 is 22.7 Å². The molecule has 0 aliphatic heterocycles. The van der Waals surface area contributed by atoms with Gasteiger partial charge in [-0.1, -0.05) is 12.1 Å². The van der Waals surface area contributed by atoms with E-state index in [9.17, 15) is 14.4 Å². The number of aromatic nitrogens is 3. The zero-order chi connectivity index (χ0) is 21.1. The highest BCUT2D eigenvalue weighted by molar-refractivity contribution is 7.17. The minimum Gasteiger partial charge on any atom is -0.351 e. The first kappa shape index (κ1) is 19.9. The van der Waals surface area contributed by atoms with Crippen molar-refractivity contribution in [2.45, 2.75) is 20.0 Å². The fraction of sp³-hybridized carbons (Fsp3) is 0.150. The van der Waals surface area contributed by atoms with E-state index in [0.717, 1.165) is 15.4 Å². The van der Waals surface area contributed by atoms with Gasteiger partial charge in [0.2, 0.25) is 11.8 Å². The summed E-state index contributed by atoms with van der Waals surface area (Å²) in [4.78, 5) is 46.3. The number of rotatable bonds is 6. The highest BCUT2D eigenvalue weighted by Gasteiger charge is 2.13. The maximum absolute atomic E-state index is 12.5. The van der Waals surface area contributed by atoms with Crippen LogP contribution in [-0.2, 0) is 22.7 Å². The molecule has 3 heterocycles. The fourth-order valence-electron chi connectivity index (χ4n) is 2.85. The van der Waals surface area contributed by atoms with E-state index in [1.807, 2.05) is 23.6 Å². The Morgan fingerprint density at radius 1 is 1.17 bits per heavy atom. The number of nitrogens with one attached hydrogen (secondary N) is 2. The molecule has 0 saturated carbocycles. The minimum absolute atomic E-state index is 0.0790. The molecule has 8 nitrogen and oxygen atoms in total. The van der Waals surface area contributed by atoms with E-state index in [-0.39, 0.29) is 23.9 Å². The maximum atomic E-state index is 12.5. The molecule has 4 rings (SSSR count). The zero-order valence-electron chi connectivity index (χ0n) is 15.9. The van der Waals surface area contributed by atoms with Gasteiger partial charge in [-0.05, 0) is 24.3 Å². The van der Waals surface area contributed by atoms with Crippen molar-refractivity contribution in [3.63, 3.8) is 0 Å². The van der Waals surface area contributed by atoms with Gasteiger partial charge >= 0.3 is 0 Å². The number of para-hydroxylation sites is 2. The summed E-state index contributed by atoms with van der Waals surface area (Å²) < 4.78 is 1.39. The number of anilines is 1. The molecule has 0 saturated heterocycles. The van der Waals surface area contributed by atoms with Crippen LogP contribution in [0.4, 0.5) is 5.13 Å². The van der Waals surface area contributed by atoms with Crippen LogP contribution in [-0.4, -0.2) is 26.3 Å². The Morgan fingerprint density at radius 3 is 2.83 bits per heavy atom. The van der Waals surface area contributed by atoms with Crippen LogP contribution in [0.5, 0.6) is 0 Å². The van der Waals surface area contributed by atoms with Crippen LogP contribution in [0, 0.1) is 0 Å². The number of thiazole rings is 1. The van der Waals surface area contributed by atoms with Gasteiger partial charge in [0, 0.05) is 17.2 Å². The highest BCUT2D eigenvalue weighted by atomic mass is 32.1. The van der Waals surface area contributed by atoms with Gasteiger partial charge in [0.25, 0.3) is 5.56 Å². The predicted octanol–water partition coefficient (Wildman–Crippen LogP) is 2.86. The molecule has 0 aliphatic rings. The Balaban J connectivity index is 1.46. The van der Waals surface area contributed by atoms with Crippen LogP contribution in [0.3, 0.4) is 0 Å². The van der Waals surface area contributed by atoms with E-state index >= 15 is 0 Å². The van der Waals surface area contributed by atoms with Crippen molar-refractivity contribution < 1.29 is 9.59 Å². The molecule has 0 aliphatic carbocycles. The average molecular weight is 440 g/mol. The molecule has 10 heteroatoms. The summed E-state index contributed by atoms with van der Waals surface area (Å²) in [6.45, 7) is 1.83. The predicted molar refractivity (Wildman–Crippen MR) is 118 cm³/mol. The first-order valence-corrected chi connectivity index (χ1v) is 10.7. The van der Waals surface area contributed by atoms with Crippen molar-refractivity contribution >= 4 is 50.7 Å². The van der Waals surface area contributed by atoms with Gasteiger partial charge in [-0.25, -0.2) is 9.97 Å². The standard InChI is InChI=1S/C20H17N5O3S2/c1-12(26)21-8-13-6-7-17(30-13)15-11-29-20(23-15)24-18(27)10-25-16-5-3-2-4-14(16)22-9-19(25)28/h2-7,9,11H,8,10H2,1H3,(H,21,26)(H,23,24,27). The smallest absolute Gasteiger partial charge is 0.269 e. The number of thiophene rings is 1. The summed E-state index contributed by atoms with van der Waals surface area (Å²) in [7, 11) is 0.